The lowest BCUT2D eigenvalue weighted by molar-refractivity contribution is -0.130. The Hall–Kier alpha value is -3.23. The van der Waals surface area contributed by atoms with Gasteiger partial charge in [-0.25, -0.2) is 9.37 Å². The van der Waals surface area contributed by atoms with E-state index >= 15 is 4.39 Å². The number of amides is 1. The average molecular weight is 482 g/mol. The fourth-order valence-corrected chi connectivity index (χ4v) is 5.49. The van der Waals surface area contributed by atoms with Crippen molar-refractivity contribution >= 4 is 61.7 Å². The summed E-state index contributed by atoms with van der Waals surface area (Å²) in [5.41, 5.74) is 7.81. The molecule has 2 aromatic carbocycles. The van der Waals surface area contributed by atoms with Crippen molar-refractivity contribution in [3.05, 3.63) is 59.9 Å². The maximum absolute atomic E-state index is 15.8. The molecule has 1 aliphatic heterocycles. The van der Waals surface area contributed by atoms with E-state index in [4.69, 9.17) is 17.3 Å². The van der Waals surface area contributed by atoms with Gasteiger partial charge in [-0.05, 0) is 35.3 Å². The predicted octanol–water partition coefficient (Wildman–Crippen LogP) is 5.11. The quantitative estimate of drug-likeness (QED) is 0.410. The Morgan fingerprint density at radius 3 is 2.73 bits per heavy atom. The molecule has 33 heavy (non-hydrogen) atoms. The number of anilines is 2. The molecule has 3 heterocycles. The Kier molecular flexibility index (Phi) is 5.64. The first kappa shape index (κ1) is 21.6. The molecule has 6 nitrogen and oxygen atoms in total. The molecule has 1 amide bonds. The van der Waals surface area contributed by atoms with Crippen molar-refractivity contribution in [3.63, 3.8) is 0 Å². The zero-order valence-electron chi connectivity index (χ0n) is 17.7. The SMILES string of the molecule is C=CCC(=O)N1CCN(c2snc3c(F)c(-c4cc(N)nc5ccccc45)c(Cl)cc23)CC1. The number of piperazine rings is 1. The van der Waals surface area contributed by atoms with Crippen molar-refractivity contribution in [2.24, 2.45) is 0 Å². The lowest BCUT2D eigenvalue weighted by Gasteiger charge is -2.35. The highest BCUT2D eigenvalue weighted by molar-refractivity contribution is 7.11. The van der Waals surface area contributed by atoms with Crippen LogP contribution in [0.25, 0.3) is 32.9 Å². The van der Waals surface area contributed by atoms with E-state index in [-0.39, 0.29) is 22.0 Å². The number of para-hydroxylation sites is 1. The van der Waals surface area contributed by atoms with Gasteiger partial charge in [0.25, 0.3) is 0 Å². The van der Waals surface area contributed by atoms with Crippen molar-refractivity contribution in [1.82, 2.24) is 14.3 Å². The van der Waals surface area contributed by atoms with Gasteiger partial charge >= 0.3 is 0 Å². The van der Waals surface area contributed by atoms with E-state index in [1.54, 1.807) is 18.2 Å². The second-order valence-corrected chi connectivity index (χ2v) is 9.06. The van der Waals surface area contributed by atoms with Crippen molar-refractivity contribution in [3.8, 4) is 11.1 Å². The number of pyridine rings is 1. The van der Waals surface area contributed by atoms with Gasteiger partial charge < -0.3 is 15.5 Å². The van der Waals surface area contributed by atoms with Crippen LogP contribution in [0, 0.1) is 5.82 Å². The fourth-order valence-electron chi connectivity index (χ4n) is 4.29. The lowest BCUT2D eigenvalue weighted by Crippen LogP contribution is -2.48. The first-order valence-corrected chi connectivity index (χ1v) is 11.7. The minimum Gasteiger partial charge on any atom is -0.384 e. The number of nitrogens with zero attached hydrogens (tertiary/aromatic N) is 4. The fraction of sp³-hybridized carbons (Fsp3) is 0.208. The summed E-state index contributed by atoms with van der Waals surface area (Å²) in [6.07, 6.45) is 1.95. The molecule has 0 radical (unpaired) electrons. The van der Waals surface area contributed by atoms with E-state index in [9.17, 15) is 4.79 Å². The van der Waals surface area contributed by atoms with Gasteiger partial charge in [-0.3, -0.25) is 4.79 Å². The van der Waals surface area contributed by atoms with E-state index in [1.807, 2.05) is 29.2 Å². The van der Waals surface area contributed by atoms with Crippen LogP contribution in [0.15, 0.2) is 49.1 Å². The third kappa shape index (κ3) is 3.79. The topological polar surface area (TPSA) is 75.4 Å². The summed E-state index contributed by atoms with van der Waals surface area (Å²) in [7, 11) is 0. The maximum Gasteiger partial charge on any atom is 0.226 e. The molecule has 4 aromatic rings. The molecule has 0 bridgehead atoms. The first-order valence-electron chi connectivity index (χ1n) is 10.5. The van der Waals surface area contributed by atoms with Crippen LogP contribution in [-0.2, 0) is 4.79 Å². The van der Waals surface area contributed by atoms with Crippen LogP contribution < -0.4 is 10.6 Å². The highest BCUT2D eigenvalue weighted by Gasteiger charge is 2.26. The molecule has 0 aliphatic carbocycles. The normalized spacial score (nSPS) is 14.2. The molecule has 0 saturated carbocycles. The largest absolute Gasteiger partial charge is 0.384 e. The molecule has 9 heteroatoms. The number of carbonyl (C=O) groups excluding carboxylic acids is 1. The van der Waals surface area contributed by atoms with Crippen LogP contribution in [0.1, 0.15) is 6.42 Å². The zero-order chi connectivity index (χ0) is 23.1. The summed E-state index contributed by atoms with van der Waals surface area (Å²) in [6.45, 7) is 6.12. The summed E-state index contributed by atoms with van der Waals surface area (Å²) < 4.78 is 20.3. The number of carbonyl (C=O) groups is 1. The highest BCUT2D eigenvalue weighted by Crippen LogP contribution is 2.43. The summed E-state index contributed by atoms with van der Waals surface area (Å²) in [4.78, 5) is 20.4. The number of hydrogen-bond donors (Lipinski definition) is 1. The number of nitrogen functional groups attached to an aromatic ring is 1. The van der Waals surface area contributed by atoms with E-state index in [0.717, 1.165) is 10.4 Å². The molecule has 2 N–H and O–H groups in total. The smallest absolute Gasteiger partial charge is 0.226 e. The molecule has 168 valence electrons. The molecule has 0 spiro atoms. The number of hydrogen-bond acceptors (Lipinski definition) is 6. The van der Waals surface area contributed by atoms with Crippen LogP contribution in [0.2, 0.25) is 5.02 Å². The number of benzene rings is 2. The predicted molar refractivity (Wildman–Crippen MR) is 133 cm³/mol. The van der Waals surface area contributed by atoms with E-state index in [2.05, 4.69) is 20.8 Å². The minimum atomic E-state index is -0.476. The van der Waals surface area contributed by atoms with Crippen LogP contribution in [0.3, 0.4) is 0 Å². The molecule has 1 aliphatic rings. The molecule has 0 unspecified atom stereocenters. The van der Waals surface area contributed by atoms with Crippen molar-refractivity contribution in [2.45, 2.75) is 6.42 Å². The molecule has 5 rings (SSSR count). The second kappa shape index (κ2) is 8.61. The van der Waals surface area contributed by atoms with Crippen LogP contribution in [0.4, 0.5) is 15.2 Å². The zero-order valence-corrected chi connectivity index (χ0v) is 19.3. The minimum absolute atomic E-state index is 0.0707. The molecular formula is C24H21ClFN5OS. The van der Waals surface area contributed by atoms with E-state index in [1.165, 1.54) is 11.5 Å². The van der Waals surface area contributed by atoms with Gasteiger partial charge in [0.15, 0.2) is 5.82 Å². The van der Waals surface area contributed by atoms with Gasteiger partial charge in [0, 0.05) is 48.9 Å². The van der Waals surface area contributed by atoms with Gasteiger partial charge in [-0.2, -0.15) is 4.37 Å². The van der Waals surface area contributed by atoms with Crippen LogP contribution in [0.5, 0.6) is 0 Å². The Bertz CT molecular complexity index is 1400. The molecule has 1 saturated heterocycles. The molecule has 1 fully saturated rings. The van der Waals surface area contributed by atoms with Gasteiger partial charge in [0.1, 0.15) is 16.3 Å². The first-order chi connectivity index (χ1) is 16.0. The molecule has 0 atom stereocenters. The van der Waals surface area contributed by atoms with Gasteiger partial charge in [-0.1, -0.05) is 35.9 Å². The number of fused-ring (bicyclic) bond motifs is 2. The van der Waals surface area contributed by atoms with Crippen LogP contribution in [-0.4, -0.2) is 46.3 Å². The van der Waals surface area contributed by atoms with E-state index < -0.39 is 5.82 Å². The summed E-state index contributed by atoms with van der Waals surface area (Å²) in [5, 5.41) is 2.58. The van der Waals surface area contributed by atoms with Gasteiger partial charge in [0.05, 0.1) is 10.5 Å². The number of aromatic nitrogens is 2. The third-order valence-corrected chi connectivity index (χ3v) is 7.11. The van der Waals surface area contributed by atoms with Crippen molar-refractivity contribution < 1.29 is 9.18 Å². The number of rotatable bonds is 4. The average Bonchev–Trinajstić information content (AvgIpc) is 3.23. The maximum atomic E-state index is 15.8. The second-order valence-electron chi connectivity index (χ2n) is 7.90. The molecule has 2 aromatic heterocycles. The molecular weight excluding hydrogens is 461 g/mol. The van der Waals surface area contributed by atoms with Crippen LogP contribution >= 0.6 is 23.1 Å². The standard InChI is InChI=1S/C24H21ClFN5OS/c1-2-5-20(32)30-8-10-31(11-9-30)24-16-12-17(25)21(22(26)23(16)29-33-24)15-13-19(27)28-18-7-4-3-6-14(15)18/h2-4,6-7,12-13H,1,5,8-11H2,(H2,27,28). The van der Waals surface area contributed by atoms with Gasteiger partial charge in [0.2, 0.25) is 5.91 Å². The van der Waals surface area contributed by atoms with Gasteiger partial charge in [-0.15, -0.1) is 6.58 Å². The lowest BCUT2D eigenvalue weighted by atomic mass is 9.99. The Labute approximate surface area is 199 Å². The summed E-state index contributed by atoms with van der Waals surface area (Å²) >= 11 is 7.90. The Morgan fingerprint density at radius 2 is 1.97 bits per heavy atom. The summed E-state index contributed by atoms with van der Waals surface area (Å²) in [5.74, 6) is -0.112. The summed E-state index contributed by atoms with van der Waals surface area (Å²) in [6, 6.07) is 10.8. The Morgan fingerprint density at radius 1 is 1.21 bits per heavy atom. The third-order valence-electron chi connectivity index (χ3n) is 5.89. The Balaban J connectivity index is 1.54. The number of nitrogens with two attached hydrogens (primary N) is 1. The van der Waals surface area contributed by atoms with Crippen molar-refractivity contribution in [1.29, 1.82) is 0 Å². The van der Waals surface area contributed by atoms with Crippen molar-refractivity contribution in [2.75, 3.05) is 36.8 Å². The van der Waals surface area contributed by atoms with E-state index in [0.29, 0.717) is 54.9 Å². The highest BCUT2D eigenvalue weighted by atomic mass is 35.5. The monoisotopic (exact) mass is 481 g/mol. The number of halogens is 2.